The fraction of sp³-hybridized carbons (Fsp3) is 0.139. The Labute approximate surface area is 240 Å². The van der Waals surface area contributed by atoms with Crippen molar-refractivity contribution in [1.29, 1.82) is 0 Å². The number of rotatable bonds is 7. The van der Waals surface area contributed by atoms with E-state index < -0.39 is 6.04 Å². The van der Waals surface area contributed by atoms with Gasteiger partial charge in [0.15, 0.2) is 6.20 Å². The fourth-order valence-electron chi connectivity index (χ4n) is 5.71. The number of hydrogen-bond donors (Lipinski definition) is 0. The van der Waals surface area contributed by atoms with Gasteiger partial charge in [0.25, 0.3) is 6.04 Å². The molecule has 0 radical (unpaired) electrons. The number of hydrogen-bond acceptors (Lipinski definition) is 4. The maximum absolute atomic E-state index is 14.2. The molecule has 0 saturated heterocycles. The number of nitrogens with zero attached hydrogens (tertiary/aromatic N) is 3. The Bertz CT molecular complexity index is 1680. The zero-order chi connectivity index (χ0) is 28.3. The molecule has 41 heavy (non-hydrogen) atoms. The van der Waals surface area contributed by atoms with Gasteiger partial charge in [-0.25, -0.2) is 0 Å². The number of carbonyl (C=O) groups is 2. The molecule has 0 saturated carbocycles. The molecule has 3 aromatic carbocycles. The van der Waals surface area contributed by atoms with Crippen molar-refractivity contribution in [2.24, 2.45) is 0 Å². The smallest absolute Gasteiger partial charge is 0.282 e. The number of pyridine rings is 1. The van der Waals surface area contributed by atoms with Crippen LogP contribution in [0, 0.1) is 0 Å². The number of anilines is 2. The normalized spacial score (nSPS) is 16.6. The maximum Gasteiger partial charge on any atom is 0.282 e. The third kappa shape index (κ3) is 4.91. The van der Waals surface area contributed by atoms with Gasteiger partial charge in [0, 0.05) is 65.5 Å². The first-order valence-corrected chi connectivity index (χ1v) is 14.1. The van der Waals surface area contributed by atoms with Crippen LogP contribution < -0.4 is 14.4 Å². The summed E-state index contributed by atoms with van der Waals surface area (Å²) in [5.41, 5.74) is 6.45. The molecule has 0 N–H and O–H groups in total. The van der Waals surface area contributed by atoms with E-state index in [1.54, 1.807) is 12.2 Å². The molecular formula is C36H32N3O2+. The van der Waals surface area contributed by atoms with Gasteiger partial charge in [0.05, 0.1) is 0 Å². The van der Waals surface area contributed by atoms with Gasteiger partial charge in [0.2, 0.25) is 17.1 Å². The number of benzene rings is 3. The Morgan fingerprint density at radius 1 is 0.683 bits per heavy atom. The van der Waals surface area contributed by atoms with E-state index in [1.165, 1.54) is 0 Å². The van der Waals surface area contributed by atoms with Gasteiger partial charge < -0.3 is 9.80 Å². The molecule has 1 unspecified atom stereocenters. The Hall–Kier alpha value is -5.03. The van der Waals surface area contributed by atoms with Gasteiger partial charge in [-0.15, -0.1) is 0 Å². The van der Waals surface area contributed by atoms with Crippen LogP contribution in [-0.2, 0) is 9.59 Å². The van der Waals surface area contributed by atoms with Crippen molar-refractivity contribution < 1.29 is 14.2 Å². The maximum atomic E-state index is 14.2. The summed E-state index contributed by atoms with van der Waals surface area (Å²) in [6.45, 7) is 5.83. The van der Waals surface area contributed by atoms with Crippen molar-refractivity contribution in [3.05, 3.63) is 139 Å². The molecule has 0 spiro atoms. The van der Waals surface area contributed by atoms with Crippen LogP contribution in [0.25, 0.3) is 22.0 Å². The Morgan fingerprint density at radius 3 is 1.73 bits per heavy atom. The first-order chi connectivity index (χ1) is 20.1. The van der Waals surface area contributed by atoms with Crippen LogP contribution in [0.5, 0.6) is 0 Å². The number of allylic oxidation sites excluding steroid dienone is 6. The van der Waals surface area contributed by atoms with Gasteiger partial charge in [0.1, 0.15) is 0 Å². The van der Waals surface area contributed by atoms with Crippen molar-refractivity contribution >= 4 is 45.0 Å². The SMILES string of the molecule is CCN1C=C/C(=C/C(=O)C(C(=O)/C=C2\C=CN(CC)c3ccccc32)[n+]2cccc3ccccc32)c2ccccc21. The highest BCUT2D eigenvalue weighted by Crippen LogP contribution is 2.34. The third-order valence-electron chi connectivity index (χ3n) is 7.75. The number of carbonyl (C=O) groups excluding carboxylic acids is 2. The largest absolute Gasteiger partial charge is 0.348 e. The molecule has 4 aromatic rings. The fourth-order valence-corrected chi connectivity index (χ4v) is 5.71. The van der Waals surface area contributed by atoms with E-state index in [0.29, 0.717) is 0 Å². The predicted octanol–water partition coefficient (Wildman–Crippen LogP) is 6.68. The van der Waals surface area contributed by atoms with Crippen LogP contribution >= 0.6 is 0 Å². The summed E-state index contributed by atoms with van der Waals surface area (Å²) in [4.78, 5) is 32.7. The van der Waals surface area contributed by atoms with Crippen molar-refractivity contribution in [1.82, 2.24) is 0 Å². The molecule has 6 rings (SSSR count). The molecule has 0 amide bonds. The molecule has 0 aliphatic carbocycles. The van der Waals surface area contributed by atoms with Gasteiger partial charge in [-0.3, -0.25) is 9.59 Å². The highest BCUT2D eigenvalue weighted by Gasteiger charge is 2.35. The summed E-state index contributed by atoms with van der Waals surface area (Å²) in [6.07, 6.45) is 13.0. The molecule has 3 heterocycles. The molecule has 5 nitrogen and oxygen atoms in total. The Balaban J connectivity index is 1.47. The molecular weight excluding hydrogens is 506 g/mol. The van der Waals surface area contributed by atoms with Crippen LogP contribution in [0.15, 0.2) is 128 Å². The predicted molar refractivity (Wildman–Crippen MR) is 166 cm³/mol. The second kappa shape index (κ2) is 11.2. The average molecular weight is 539 g/mol. The zero-order valence-corrected chi connectivity index (χ0v) is 23.3. The van der Waals surface area contributed by atoms with Crippen LogP contribution in [0.3, 0.4) is 0 Å². The molecule has 1 aromatic heterocycles. The van der Waals surface area contributed by atoms with Gasteiger partial charge in [-0.1, -0.05) is 48.5 Å². The number of fused-ring (bicyclic) bond motifs is 3. The van der Waals surface area contributed by atoms with E-state index in [0.717, 1.165) is 57.6 Å². The van der Waals surface area contributed by atoms with Crippen molar-refractivity contribution in [2.45, 2.75) is 19.9 Å². The lowest BCUT2D eigenvalue weighted by Crippen LogP contribution is -2.48. The molecule has 5 heteroatoms. The van der Waals surface area contributed by atoms with Crippen LogP contribution in [0.1, 0.15) is 31.0 Å². The minimum Gasteiger partial charge on any atom is -0.348 e. The molecule has 2 aliphatic rings. The van der Waals surface area contributed by atoms with Crippen LogP contribution in [0.4, 0.5) is 11.4 Å². The van der Waals surface area contributed by atoms with Crippen molar-refractivity contribution in [2.75, 3.05) is 22.9 Å². The van der Waals surface area contributed by atoms with E-state index in [2.05, 4.69) is 35.8 Å². The second-order valence-corrected chi connectivity index (χ2v) is 10.1. The van der Waals surface area contributed by atoms with Crippen LogP contribution in [-0.4, -0.2) is 24.7 Å². The highest BCUT2D eigenvalue weighted by molar-refractivity contribution is 6.17. The van der Waals surface area contributed by atoms with Gasteiger partial charge >= 0.3 is 0 Å². The van der Waals surface area contributed by atoms with Gasteiger partial charge in [-0.05, 0) is 73.6 Å². The summed E-state index contributed by atoms with van der Waals surface area (Å²) in [5, 5.41) is 0.962. The van der Waals surface area contributed by atoms with Gasteiger partial charge in [-0.2, -0.15) is 4.57 Å². The summed E-state index contributed by atoms with van der Waals surface area (Å²) in [7, 11) is 0. The van der Waals surface area contributed by atoms with Crippen molar-refractivity contribution in [3.8, 4) is 0 Å². The molecule has 1 atom stereocenters. The van der Waals surface area contributed by atoms with E-state index in [-0.39, 0.29) is 11.6 Å². The minimum atomic E-state index is -1.06. The minimum absolute atomic E-state index is 0.268. The topological polar surface area (TPSA) is 44.5 Å². The van der Waals surface area contributed by atoms with E-state index in [9.17, 15) is 9.59 Å². The first-order valence-electron chi connectivity index (χ1n) is 14.1. The second-order valence-electron chi connectivity index (χ2n) is 10.1. The lowest BCUT2D eigenvalue weighted by Gasteiger charge is -2.26. The summed E-state index contributed by atoms with van der Waals surface area (Å²) >= 11 is 0. The van der Waals surface area contributed by atoms with E-state index in [1.807, 2.05) is 108 Å². The molecule has 0 fully saturated rings. The summed E-state index contributed by atoms with van der Waals surface area (Å²) in [6, 6.07) is 26.8. The van der Waals surface area contributed by atoms with E-state index in [4.69, 9.17) is 0 Å². The number of aromatic nitrogens is 1. The number of para-hydroxylation sites is 3. The standard InChI is InChI=1S/C36H32N3O2/c1-3-37-22-19-27(29-14-6-9-17-32(29)37)24-34(40)36(39-21-11-13-26-12-5-8-16-31(26)39)35(41)25-28-20-23-38(4-2)33-18-10-7-15-30(28)33/h5-25,36H,3-4H2,1-2H3/q+1/b27-24-,28-25+. The van der Waals surface area contributed by atoms with E-state index >= 15 is 0 Å². The summed E-state index contributed by atoms with van der Waals surface area (Å²) in [5.74, 6) is -0.535. The van der Waals surface area contributed by atoms with Crippen LogP contribution in [0.2, 0.25) is 0 Å². The monoisotopic (exact) mass is 538 g/mol. The number of ketones is 2. The van der Waals surface area contributed by atoms with Crippen molar-refractivity contribution in [3.63, 3.8) is 0 Å². The lowest BCUT2D eigenvalue weighted by molar-refractivity contribution is -0.669. The average Bonchev–Trinajstić information content (AvgIpc) is 3.01. The molecule has 202 valence electrons. The molecule has 0 bridgehead atoms. The quantitative estimate of drug-likeness (QED) is 0.150. The summed E-state index contributed by atoms with van der Waals surface area (Å²) < 4.78 is 1.81. The third-order valence-corrected chi connectivity index (χ3v) is 7.75. The highest BCUT2D eigenvalue weighted by atomic mass is 16.2. The first kappa shape index (κ1) is 26.2. The Kier molecular flexibility index (Phi) is 7.17. The Morgan fingerprint density at radius 2 is 1.17 bits per heavy atom. The lowest BCUT2D eigenvalue weighted by atomic mass is 9.94. The molecule has 2 aliphatic heterocycles. The zero-order valence-electron chi connectivity index (χ0n) is 23.3.